The minimum atomic E-state index is -0.822. The fourth-order valence-electron chi connectivity index (χ4n) is 4.06. The van der Waals surface area contributed by atoms with Crippen LogP contribution in [0.15, 0.2) is 54.7 Å². The molecule has 0 saturated carbocycles. The first-order valence-corrected chi connectivity index (χ1v) is 10.4. The van der Waals surface area contributed by atoms with Crippen molar-refractivity contribution in [3.8, 4) is 0 Å². The highest BCUT2D eigenvalue weighted by Gasteiger charge is 2.43. The van der Waals surface area contributed by atoms with Gasteiger partial charge >= 0.3 is 0 Å². The molecule has 2 aromatic rings. The molecule has 1 saturated heterocycles. The number of hydrogen-bond donors (Lipinski definition) is 1. The van der Waals surface area contributed by atoms with Gasteiger partial charge in [-0.05, 0) is 49.4 Å². The predicted octanol–water partition coefficient (Wildman–Crippen LogP) is 3.13. The summed E-state index contributed by atoms with van der Waals surface area (Å²) in [6, 6.07) is 12.1. The van der Waals surface area contributed by atoms with Gasteiger partial charge in [-0.2, -0.15) is 0 Å². The van der Waals surface area contributed by atoms with E-state index in [4.69, 9.17) is 0 Å². The van der Waals surface area contributed by atoms with Crippen molar-refractivity contribution in [2.45, 2.75) is 45.1 Å². The van der Waals surface area contributed by atoms with Crippen molar-refractivity contribution in [3.05, 3.63) is 82.6 Å². The SMILES string of the molecule is C=C1CCC(N2C(=O)c3ccc(CCC(=O)Cc4ccc(C)cc4)cc3C2=O)C(=O)N1. The van der Waals surface area contributed by atoms with Gasteiger partial charge in [0.05, 0.1) is 11.1 Å². The smallest absolute Gasteiger partial charge is 0.262 e. The molecule has 2 heterocycles. The molecule has 1 atom stereocenters. The minimum absolute atomic E-state index is 0.118. The van der Waals surface area contributed by atoms with E-state index in [0.29, 0.717) is 48.9 Å². The van der Waals surface area contributed by atoms with Crippen LogP contribution >= 0.6 is 0 Å². The molecular formula is C25H24N2O4. The van der Waals surface area contributed by atoms with E-state index in [1.54, 1.807) is 18.2 Å². The van der Waals surface area contributed by atoms with Gasteiger partial charge in [-0.25, -0.2) is 0 Å². The van der Waals surface area contributed by atoms with Crippen LogP contribution in [0.5, 0.6) is 0 Å². The zero-order valence-electron chi connectivity index (χ0n) is 17.4. The molecule has 1 fully saturated rings. The van der Waals surface area contributed by atoms with Crippen molar-refractivity contribution in [2.24, 2.45) is 0 Å². The van der Waals surface area contributed by atoms with Gasteiger partial charge < -0.3 is 5.32 Å². The van der Waals surface area contributed by atoms with Crippen LogP contribution in [-0.2, 0) is 22.4 Å². The van der Waals surface area contributed by atoms with Gasteiger partial charge in [-0.3, -0.25) is 24.1 Å². The lowest BCUT2D eigenvalue weighted by atomic mass is 9.99. The van der Waals surface area contributed by atoms with Crippen molar-refractivity contribution in [2.75, 3.05) is 0 Å². The van der Waals surface area contributed by atoms with Gasteiger partial charge in [-0.1, -0.05) is 42.5 Å². The lowest BCUT2D eigenvalue weighted by molar-refractivity contribution is -0.125. The van der Waals surface area contributed by atoms with Gasteiger partial charge in [0.2, 0.25) is 5.91 Å². The van der Waals surface area contributed by atoms with Crippen molar-refractivity contribution in [3.63, 3.8) is 0 Å². The molecule has 0 bridgehead atoms. The van der Waals surface area contributed by atoms with E-state index in [-0.39, 0.29) is 11.7 Å². The molecule has 1 N–H and O–H groups in total. The number of carbonyl (C=O) groups excluding carboxylic acids is 4. The summed E-state index contributed by atoms with van der Waals surface area (Å²) in [7, 11) is 0. The van der Waals surface area contributed by atoms with Crippen molar-refractivity contribution in [1.82, 2.24) is 10.2 Å². The molecule has 6 nitrogen and oxygen atoms in total. The third-order valence-corrected chi connectivity index (χ3v) is 5.83. The second-order valence-corrected chi connectivity index (χ2v) is 8.21. The summed E-state index contributed by atoms with van der Waals surface area (Å²) < 4.78 is 0. The maximum Gasteiger partial charge on any atom is 0.262 e. The number of allylic oxidation sites excluding steroid dienone is 1. The predicted molar refractivity (Wildman–Crippen MR) is 115 cm³/mol. The number of aryl methyl sites for hydroxylation is 2. The van der Waals surface area contributed by atoms with E-state index in [9.17, 15) is 19.2 Å². The first-order valence-electron chi connectivity index (χ1n) is 10.4. The van der Waals surface area contributed by atoms with Crippen molar-refractivity contribution >= 4 is 23.5 Å². The van der Waals surface area contributed by atoms with Gasteiger partial charge in [0.1, 0.15) is 11.8 Å². The molecule has 31 heavy (non-hydrogen) atoms. The molecule has 4 rings (SSSR count). The van der Waals surface area contributed by atoms with Gasteiger partial charge in [0, 0.05) is 18.5 Å². The van der Waals surface area contributed by atoms with Crippen LogP contribution in [0.4, 0.5) is 0 Å². The summed E-state index contributed by atoms with van der Waals surface area (Å²) >= 11 is 0. The number of imide groups is 1. The van der Waals surface area contributed by atoms with Crippen LogP contribution in [0.2, 0.25) is 0 Å². The Balaban J connectivity index is 1.43. The molecule has 0 aliphatic carbocycles. The van der Waals surface area contributed by atoms with Crippen LogP contribution in [0.3, 0.4) is 0 Å². The summed E-state index contributed by atoms with van der Waals surface area (Å²) in [4.78, 5) is 51.4. The van der Waals surface area contributed by atoms with Crippen molar-refractivity contribution in [1.29, 1.82) is 0 Å². The Kier molecular flexibility index (Phi) is 5.55. The van der Waals surface area contributed by atoms with E-state index in [0.717, 1.165) is 21.6 Å². The Morgan fingerprint density at radius 2 is 1.71 bits per heavy atom. The summed E-state index contributed by atoms with van der Waals surface area (Å²) in [6.07, 6.45) is 2.11. The second kappa shape index (κ2) is 8.30. The Morgan fingerprint density at radius 3 is 2.42 bits per heavy atom. The number of carbonyl (C=O) groups is 4. The van der Waals surface area contributed by atoms with Crippen LogP contribution in [0.1, 0.15) is 56.7 Å². The third kappa shape index (κ3) is 4.19. The van der Waals surface area contributed by atoms with Crippen molar-refractivity contribution < 1.29 is 19.2 Å². The average molecular weight is 416 g/mol. The molecule has 1 unspecified atom stereocenters. The molecule has 2 aliphatic heterocycles. The fourth-order valence-corrected chi connectivity index (χ4v) is 4.06. The zero-order chi connectivity index (χ0) is 22.1. The standard InChI is InChI=1S/C25H24N2O4/c1-15-3-6-17(7-4-15)13-19(28)10-8-18-9-11-20-21(14-18)25(31)27(24(20)30)22-12-5-16(2)26-23(22)29/h3-4,6-7,9,11,14,22H,2,5,8,10,12-13H2,1H3,(H,26,29). The van der Waals surface area contributed by atoms with E-state index in [2.05, 4.69) is 11.9 Å². The summed E-state index contributed by atoms with van der Waals surface area (Å²) in [6.45, 7) is 5.74. The third-order valence-electron chi connectivity index (χ3n) is 5.83. The second-order valence-electron chi connectivity index (χ2n) is 8.21. The van der Waals surface area contributed by atoms with Gasteiger partial charge in [-0.15, -0.1) is 0 Å². The first kappa shape index (κ1) is 20.7. The quantitative estimate of drug-likeness (QED) is 0.734. The van der Waals surface area contributed by atoms with E-state index in [1.807, 2.05) is 31.2 Å². The number of hydrogen-bond acceptors (Lipinski definition) is 4. The lowest BCUT2D eigenvalue weighted by Crippen LogP contribution is -2.51. The molecule has 0 aromatic heterocycles. The average Bonchev–Trinajstić information content (AvgIpc) is 2.98. The number of piperidine rings is 1. The first-order chi connectivity index (χ1) is 14.8. The normalized spacial score (nSPS) is 18.2. The Bertz CT molecular complexity index is 1100. The highest BCUT2D eigenvalue weighted by Crippen LogP contribution is 2.29. The highest BCUT2D eigenvalue weighted by atomic mass is 16.2. The van der Waals surface area contributed by atoms with Crippen LogP contribution in [0, 0.1) is 6.92 Å². The fraction of sp³-hybridized carbons (Fsp3) is 0.280. The molecule has 3 amide bonds. The molecule has 158 valence electrons. The number of fused-ring (bicyclic) bond motifs is 1. The molecular weight excluding hydrogens is 392 g/mol. The molecule has 6 heteroatoms. The van der Waals surface area contributed by atoms with Crippen LogP contribution in [-0.4, -0.2) is 34.4 Å². The van der Waals surface area contributed by atoms with E-state index < -0.39 is 17.9 Å². The number of nitrogens with zero attached hydrogens (tertiary/aromatic N) is 1. The number of amides is 3. The highest BCUT2D eigenvalue weighted by molar-refractivity contribution is 6.23. The Morgan fingerprint density at radius 1 is 1.03 bits per heavy atom. The monoisotopic (exact) mass is 416 g/mol. The number of rotatable bonds is 6. The molecule has 2 aromatic carbocycles. The number of benzene rings is 2. The van der Waals surface area contributed by atoms with E-state index in [1.165, 1.54) is 0 Å². The topological polar surface area (TPSA) is 83.6 Å². The maximum atomic E-state index is 12.9. The lowest BCUT2D eigenvalue weighted by Gasteiger charge is -2.29. The number of Topliss-reactive ketones (excluding diaryl/α,β-unsaturated/α-hetero) is 1. The Hall–Kier alpha value is -3.54. The molecule has 0 spiro atoms. The van der Waals surface area contributed by atoms with E-state index >= 15 is 0 Å². The van der Waals surface area contributed by atoms with Gasteiger partial charge in [0.25, 0.3) is 11.8 Å². The largest absolute Gasteiger partial charge is 0.329 e. The zero-order valence-corrected chi connectivity index (χ0v) is 17.4. The molecule has 2 aliphatic rings. The summed E-state index contributed by atoms with van der Waals surface area (Å²) in [5.41, 5.74) is 4.14. The van der Waals surface area contributed by atoms with Crippen LogP contribution < -0.4 is 5.32 Å². The maximum absolute atomic E-state index is 12.9. The summed E-state index contributed by atoms with van der Waals surface area (Å²) in [5.74, 6) is -1.17. The number of nitrogens with one attached hydrogen (secondary N) is 1. The number of ketones is 1. The molecule has 0 radical (unpaired) electrons. The van der Waals surface area contributed by atoms with Crippen LogP contribution in [0.25, 0.3) is 0 Å². The minimum Gasteiger partial charge on any atom is -0.329 e. The Labute approximate surface area is 180 Å². The summed E-state index contributed by atoms with van der Waals surface area (Å²) in [5, 5.41) is 2.62. The van der Waals surface area contributed by atoms with Gasteiger partial charge in [0.15, 0.2) is 0 Å².